The Bertz CT molecular complexity index is 519. The molecule has 1 aromatic rings. The van der Waals surface area contributed by atoms with Crippen LogP contribution in [-0.2, 0) is 0 Å². The SMILES string of the molecule is CCOc1cncc(N2CCC3(C[C@H]4CCN3C4)C2)c1.Cl.Cl.Cl. The zero-order valence-corrected chi connectivity index (χ0v) is 15.9. The van der Waals surface area contributed by atoms with Crippen molar-refractivity contribution >= 4 is 42.9 Å². The predicted molar refractivity (Wildman–Crippen MR) is 101 cm³/mol. The Morgan fingerprint density at radius 2 is 2.09 bits per heavy atom. The maximum absolute atomic E-state index is 5.57. The molecule has 3 atom stereocenters. The van der Waals surface area contributed by atoms with Crippen molar-refractivity contribution in [3.63, 3.8) is 0 Å². The lowest BCUT2D eigenvalue weighted by molar-refractivity contribution is 0.155. The lowest BCUT2D eigenvalue weighted by atomic mass is 9.87. The van der Waals surface area contributed by atoms with Gasteiger partial charge in [0.05, 0.1) is 24.7 Å². The summed E-state index contributed by atoms with van der Waals surface area (Å²) in [5.41, 5.74) is 1.68. The molecule has 23 heavy (non-hydrogen) atoms. The highest BCUT2D eigenvalue weighted by Gasteiger charge is 2.52. The summed E-state index contributed by atoms with van der Waals surface area (Å²) < 4.78 is 5.57. The summed E-state index contributed by atoms with van der Waals surface area (Å²) in [5, 5.41) is 0. The fourth-order valence-corrected chi connectivity index (χ4v) is 4.42. The number of pyridine rings is 1. The normalized spacial score (nSPS) is 30.6. The second-order valence-electron chi connectivity index (χ2n) is 6.51. The number of piperidine rings is 1. The van der Waals surface area contributed by atoms with E-state index in [4.69, 9.17) is 4.74 Å². The van der Waals surface area contributed by atoms with Crippen LogP contribution in [0.3, 0.4) is 0 Å². The highest BCUT2D eigenvalue weighted by atomic mass is 35.5. The van der Waals surface area contributed by atoms with E-state index in [9.17, 15) is 0 Å². The third-order valence-corrected chi connectivity index (χ3v) is 5.33. The van der Waals surface area contributed by atoms with Gasteiger partial charge in [-0.1, -0.05) is 0 Å². The molecule has 1 aromatic heterocycles. The Balaban J connectivity index is 0.000000882. The van der Waals surface area contributed by atoms with Crippen molar-refractivity contribution in [2.75, 3.05) is 37.7 Å². The first-order valence-corrected chi connectivity index (χ1v) is 7.87. The average Bonchev–Trinajstić information content (AvgIpc) is 3.16. The van der Waals surface area contributed by atoms with E-state index in [-0.39, 0.29) is 37.2 Å². The monoisotopic (exact) mass is 381 g/mol. The molecule has 3 fully saturated rings. The number of aromatic nitrogens is 1. The first-order valence-electron chi connectivity index (χ1n) is 7.87. The summed E-state index contributed by atoms with van der Waals surface area (Å²) in [5.74, 6) is 1.85. The standard InChI is InChI=1S/C16H23N3O.3ClH/c1-2-20-15-7-14(9-17-10-15)18-6-4-16(12-18)8-13-3-5-19(16)11-13;;;/h7,9-10,13H,2-6,8,11-12H2,1H3;3*1H/t13-,16?;;;/m1.../s1. The van der Waals surface area contributed by atoms with Crippen LogP contribution in [0.5, 0.6) is 5.75 Å². The molecule has 4 rings (SSSR count). The van der Waals surface area contributed by atoms with Gasteiger partial charge in [0.15, 0.2) is 0 Å². The van der Waals surface area contributed by atoms with Crippen molar-refractivity contribution < 1.29 is 4.74 Å². The number of halogens is 3. The van der Waals surface area contributed by atoms with Gasteiger partial charge in [-0.05, 0) is 38.6 Å². The zero-order valence-electron chi connectivity index (χ0n) is 13.4. The smallest absolute Gasteiger partial charge is 0.139 e. The van der Waals surface area contributed by atoms with Crippen LogP contribution in [0.1, 0.15) is 26.2 Å². The number of hydrogen-bond donors (Lipinski definition) is 0. The van der Waals surface area contributed by atoms with Crippen LogP contribution in [0.15, 0.2) is 18.5 Å². The minimum absolute atomic E-state index is 0. The number of anilines is 1. The van der Waals surface area contributed by atoms with E-state index < -0.39 is 0 Å². The molecule has 2 bridgehead atoms. The first kappa shape index (κ1) is 20.6. The Hall–Kier alpha value is -0.420. The lowest BCUT2D eigenvalue weighted by Gasteiger charge is -2.36. The molecule has 7 heteroatoms. The molecule has 3 saturated heterocycles. The van der Waals surface area contributed by atoms with E-state index in [1.54, 1.807) is 6.20 Å². The van der Waals surface area contributed by atoms with Gasteiger partial charge in [0, 0.05) is 31.2 Å². The molecule has 3 aliphatic heterocycles. The minimum Gasteiger partial charge on any atom is -0.492 e. The third-order valence-electron chi connectivity index (χ3n) is 5.33. The van der Waals surface area contributed by atoms with Crippen molar-refractivity contribution in [3.05, 3.63) is 18.5 Å². The minimum atomic E-state index is 0. The number of rotatable bonds is 3. The quantitative estimate of drug-likeness (QED) is 0.801. The van der Waals surface area contributed by atoms with E-state index >= 15 is 0 Å². The molecule has 4 heterocycles. The molecule has 0 radical (unpaired) electrons. The van der Waals surface area contributed by atoms with Crippen LogP contribution < -0.4 is 9.64 Å². The fraction of sp³-hybridized carbons (Fsp3) is 0.688. The lowest BCUT2D eigenvalue weighted by Crippen LogP contribution is -2.46. The van der Waals surface area contributed by atoms with Crippen molar-refractivity contribution in [3.8, 4) is 5.75 Å². The molecule has 0 N–H and O–H groups in total. The Morgan fingerprint density at radius 3 is 2.74 bits per heavy atom. The molecule has 0 aromatic carbocycles. The highest BCUT2D eigenvalue weighted by Crippen LogP contribution is 2.46. The number of fused-ring (bicyclic) bond motifs is 3. The summed E-state index contributed by atoms with van der Waals surface area (Å²) in [6.07, 6.45) is 7.91. The second-order valence-corrected chi connectivity index (χ2v) is 6.51. The molecule has 132 valence electrons. The summed E-state index contributed by atoms with van der Waals surface area (Å²) >= 11 is 0. The van der Waals surface area contributed by atoms with Gasteiger partial charge in [-0.3, -0.25) is 9.88 Å². The van der Waals surface area contributed by atoms with Crippen molar-refractivity contribution in [1.82, 2.24) is 9.88 Å². The van der Waals surface area contributed by atoms with Gasteiger partial charge >= 0.3 is 0 Å². The number of hydrogen-bond acceptors (Lipinski definition) is 4. The van der Waals surface area contributed by atoms with E-state index in [1.165, 1.54) is 44.6 Å². The topological polar surface area (TPSA) is 28.6 Å². The molecule has 0 aliphatic carbocycles. The summed E-state index contributed by atoms with van der Waals surface area (Å²) in [6.45, 7) is 7.69. The maximum atomic E-state index is 5.57. The first-order chi connectivity index (χ1) is 9.79. The molecule has 4 nitrogen and oxygen atoms in total. The number of nitrogens with zero attached hydrogens (tertiary/aromatic N) is 3. The van der Waals surface area contributed by atoms with E-state index in [2.05, 4.69) is 20.9 Å². The molecular weight excluding hydrogens is 357 g/mol. The maximum Gasteiger partial charge on any atom is 0.139 e. The summed E-state index contributed by atoms with van der Waals surface area (Å²) in [6, 6.07) is 2.14. The molecule has 0 saturated carbocycles. The summed E-state index contributed by atoms with van der Waals surface area (Å²) in [7, 11) is 0. The Morgan fingerprint density at radius 1 is 1.26 bits per heavy atom. The van der Waals surface area contributed by atoms with Crippen LogP contribution in [0, 0.1) is 5.92 Å². The van der Waals surface area contributed by atoms with Gasteiger partial charge in [-0.2, -0.15) is 0 Å². The van der Waals surface area contributed by atoms with Crippen LogP contribution in [-0.4, -0.2) is 48.2 Å². The van der Waals surface area contributed by atoms with Gasteiger partial charge in [0.25, 0.3) is 0 Å². The van der Waals surface area contributed by atoms with E-state index in [1.807, 2.05) is 13.1 Å². The van der Waals surface area contributed by atoms with Crippen molar-refractivity contribution in [2.24, 2.45) is 5.92 Å². The molecule has 2 unspecified atom stereocenters. The van der Waals surface area contributed by atoms with Gasteiger partial charge in [-0.15, -0.1) is 37.2 Å². The van der Waals surface area contributed by atoms with Crippen molar-refractivity contribution in [1.29, 1.82) is 0 Å². The third kappa shape index (κ3) is 3.65. The van der Waals surface area contributed by atoms with Gasteiger partial charge in [-0.25, -0.2) is 0 Å². The molecule has 0 amide bonds. The fourth-order valence-electron chi connectivity index (χ4n) is 4.42. The van der Waals surface area contributed by atoms with Crippen LogP contribution in [0.2, 0.25) is 0 Å². The van der Waals surface area contributed by atoms with Crippen LogP contribution in [0.4, 0.5) is 5.69 Å². The molecule has 3 aliphatic rings. The average molecular weight is 383 g/mol. The van der Waals surface area contributed by atoms with Gasteiger partial charge < -0.3 is 9.64 Å². The number of ether oxygens (including phenoxy) is 1. The van der Waals surface area contributed by atoms with Gasteiger partial charge in [0.1, 0.15) is 5.75 Å². The zero-order chi connectivity index (χ0) is 13.6. The molecular formula is C16H26Cl3N3O. The predicted octanol–water partition coefficient (Wildman–Crippen LogP) is 3.42. The van der Waals surface area contributed by atoms with E-state index in [0.717, 1.165) is 18.2 Å². The van der Waals surface area contributed by atoms with Crippen LogP contribution in [0.25, 0.3) is 0 Å². The van der Waals surface area contributed by atoms with Crippen LogP contribution >= 0.6 is 37.2 Å². The van der Waals surface area contributed by atoms with Crippen molar-refractivity contribution in [2.45, 2.75) is 31.7 Å². The Kier molecular flexibility index (Phi) is 7.27. The van der Waals surface area contributed by atoms with Gasteiger partial charge in [0.2, 0.25) is 0 Å². The summed E-state index contributed by atoms with van der Waals surface area (Å²) in [4.78, 5) is 9.57. The second kappa shape index (κ2) is 8.11. The molecule has 1 spiro atoms. The van der Waals surface area contributed by atoms with E-state index in [0.29, 0.717) is 12.1 Å². The highest BCUT2D eigenvalue weighted by molar-refractivity contribution is 5.86. The largest absolute Gasteiger partial charge is 0.492 e. The Labute approximate surface area is 157 Å².